The first-order chi connectivity index (χ1) is 8.50. The van der Waals surface area contributed by atoms with Gasteiger partial charge in [-0.1, -0.05) is 12.1 Å². The molecule has 0 aromatic heterocycles. The van der Waals surface area contributed by atoms with E-state index in [-0.39, 0.29) is 13.2 Å². The van der Waals surface area contributed by atoms with Gasteiger partial charge in [0, 0.05) is 0 Å². The van der Waals surface area contributed by atoms with Crippen LogP contribution in [0.3, 0.4) is 0 Å². The van der Waals surface area contributed by atoms with Gasteiger partial charge in [0.15, 0.2) is 13.2 Å². The van der Waals surface area contributed by atoms with E-state index < -0.39 is 11.8 Å². The van der Waals surface area contributed by atoms with Crippen LogP contribution in [-0.2, 0) is 14.4 Å². The highest BCUT2D eigenvalue weighted by Gasteiger charge is 2.06. The Balaban J connectivity index is 2.38. The molecule has 0 saturated carbocycles. The number of nitrogens with two attached hydrogens (primary N) is 1. The Bertz CT molecular complexity index is 446. The number of carbonyl (C=O) groups is 2. The zero-order valence-corrected chi connectivity index (χ0v) is 10.4. The van der Waals surface area contributed by atoms with Crippen LogP contribution in [0, 0.1) is 13.8 Å². The van der Waals surface area contributed by atoms with Crippen molar-refractivity contribution in [2.75, 3.05) is 13.2 Å². The van der Waals surface area contributed by atoms with Crippen LogP contribution in [0.15, 0.2) is 18.2 Å². The standard InChI is InChI=1S/C12H16N2O4/c1-8-4-3-5-10(9(8)2)17-7-12(16)14-18-6-11(13)15/h3-5H,6-7H2,1-2H3,(H2,13,15)(H,14,16). The van der Waals surface area contributed by atoms with E-state index in [4.69, 9.17) is 10.5 Å². The van der Waals surface area contributed by atoms with Crippen LogP contribution in [0.1, 0.15) is 11.1 Å². The van der Waals surface area contributed by atoms with Crippen LogP contribution in [-0.4, -0.2) is 25.0 Å². The molecule has 0 aliphatic carbocycles. The molecule has 1 aromatic carbocycles. The lowest BCUT2D eigenvalue weighted by molar-refractivity contribution is -0.139. The summed E-state index contributed by atoms with van der Waals surface area (Å²) in [5, 5.41) is 0. The van der Waals surface area contributed by atoms with Crippen molar-refractivity contribution in [3.8, 4) is 5.75 Å². The predicted molar refractivity (Wildman–Crippen MR) is 64.7 cm³/mol. The van der Waals surface area contributed by atoms with E-state index in [0.29, 0.717) is 5.75 Å². The molecule has 0 fully saturated rings. The summed E-state index contributed by atoms with van der Waals surface area (Å²) in [6.07, 6.45) is 0. The van der Waals surface area contributed by atoms with Crippen molar-refractivity contribution in [1.82, 2.24) is 5.48 Å². The molecule has 1 rings (SSSR count). The Morgan fingerprint density at radius 3 is 2.67 bits per heavy atom. The van der Waals surface area contributed by atoms with Crippen molar-refractivity contribution < 1.29 is 19.2 Å². The number of rotatable bonds is 6. The topological polar surface area (TPSA) is 90.7 Å². The SMILES string of the molecule is Cc1cccc(OCC(=O)NOCC(N)=O)c1C. The number of benzene rings is 1. The van der Waals surface area contributed by atoms with Gasteiger partial charge in [0.1, 0.15) is 5.75 Å². The first kappa shape index (κ1) is 14.0. The Morgan fingerprint density at radius 1 is 1.28 bits per heavy atom. The fraction of sp³-hybridized carbons (Fsp3) is 0.333. The molecule has 98 valence electrons. The lowest BCUT2D eigenvalue weighted by atomic mass is 10.1. The van der Waals surface area contributed by atoms with Gasteiger partial charge in [-0.15, -0.1) is 0 Å². The summed E-state index contributed by atoms with van der Waals surface area (Å²) in [5.74, 6) is -0.511. The first-order valence-corrected chi connectivity index (χ1v) is 5.38. The third-order valence-corrected chi connectivity index (χ3v) is 2.31. The second-order valence-corrected chi connectivity index (χ2v) is 3.77. The number of aryl methyl sites for hydroxylation is 1. The molecular formula is C12H16N2O4. The molecule has 6 heteroatoms. The summed E-state index contributed by atoms with van der Waals surface area (Å²) in [4.78, 5) is 26.2. The Hall–Kier alpha value is -2.08. The second kappa shape index (κ2) is 6.61. The highest BCUT2D eigenvalue weighted by atomic mass is 16.7. The third-order valence-electron chi connectivity index (χ3n) is 2.31. The maximum absolute atomic E-state index is 11.3. The van der Waals surface area contributed by atoms with E-state index in [1.54, 1.807) is 6.07 Å². The summed E-state index contributed by atoms with van der Waals surface area (Å²) < 4.78 is 5.33. The molecule has 0 aliphatic rings. The summed E-state index contributed by atoms with van der Waals surface area (Å²) in [7, 11) is 0. The predicted octanol–water partition coefficient (Wildman–Crippen LogP) is 0.215. The molecule has 0 bridgehead atoms. The minimum atomic E-state index is -0.661. The van der Waals surface area contributed by atoms with Gasteiger partial charge in [0.05, 0.1) is 0 Å². The Labute approximate surface area is 105 Å². The molecule has 1 aromatic rings. The summed E-state index contributed by atoms with van der Waals surface area (Å²) in [5.41, 5.74) is 8.94. The lowest BCUT2D eigenvalue weighted by Crippen LogP contribution is -2.32. The Morgan fingerprint density at radius 2 is 2.00 bits per heavy atom. The number of hydroxylamine groups is 1. The average molecular weight is 252 g/mol. The van der Waals surface area contributed by atoms with Crippen molar-refractivity contribution in [3.05, 3.63) is 29.3 Å². The molecule has 6 nitrogen and oxygen atoms in total. The molecule has 0 saturated heterocycles. The van der Waals surface area contributed by atoms with Crippen LogP contribution >= 0.6 is 0 Å². The molecule has 3 N–H and O–H groups in total. The summed E-state index contributed by atoms with van der Waals surface area (Å²) in [6, 6.07) is 5.58. The van der Waals surface area contributed by atoms with Gasteiger partial charge in [-0.3, -0.25) is 14.4 Å². The molecule has 18 heavy (non-hydrogen) atoms. The fourth-order valence-electron chi connectivity index (χ4n) is 1.24. The molecule has 2 amide bonds. The first-order valence-electron chi connectivity index (χ1n) is 5.38. The van der Waals surface area contributed by atoms with E-state index in [0.717, 1.165) is 11.1 Å². The zero-order valence-electron chi connectivity index (χ0n) is 10.4. The fourth-order valence-corrected chi connectivity index (χ4v) is 1.24. The van der Waals surface area contributed by atoms with Crippen LogP contribution < -0.4 is 16.0 Å². The van der Waals surface area contributed by atoms with Crippen LogP contribution in [0.2, 0.25) is 0 Å². The molecule has 0 atom stereocenters. The highest BCUT2D eigenvalue weighted by molar-refractivity contribution is 5.77. The largest absolute Gasteiger partial charge is 0.483 e. The number of hydrogen-bond donors (Lipinski definition) is 2. The minimum Gasteiger partial charge on any atom is -0.483 e. The molecule has 0 spiro atoms. The number of nitrogens with one attached hydrogen (secondary N) is 1. The molecule has 0 unspecified atom stereocenters. The van der Waals surface area contributed by atoms with Crippen LogP contribution in [0.25, 0.3) is 0 Å². The average Bonchev–Trinajstić information content (AvgIpc) is 2.30. The Kier molecular flexibility index (Phi) is 5.13. The van der Waals surface area contributed by atoms with Gasteiger partial charge in [0.25, 0.3) is 5.91 Å². The van der Waals surface area contributed by atoms with Gasteiger partial charge < -0.3 is 10.5 Å². The molecule has 0 radical (unpaired) electrons. The smallest absolute Gasteiger partial charge is 0.281 e. The van der Waals surface area contributed by atoms with Crippen molar-refractivity contribution >= 4 is 11.8 Å². The van der Waals surface area contributed by atoms with Crippen molar-refractivity contribution in [2.45, 2.75) is 13.8 Å². The van der Waals surface area contributed by atoms with Crippen LogP contribution in [0.4, 0.5) is 0 Å². The minimum absolute atomic E-state index is 0.191. The highest BCUT2D eigenvalue weighted by Crippen LogP contribution is 2.20. The van der Waals surface area contributed by atoms with Gasteiger partial charge in [-0.2, -0.15) is 0 Å². The van der Waals surface area contributed by atoms with Gasteiger partial charge in [0.2, 0.25) is 5.91 Å². The van der Waals surface area contributed by atoms with E-state index in [9.17, 15) is 9.59 Å². The normalized spacial score (nSPS) is 9.89. The monoisotopic (exact) mass is 252 g/mol. The third kappa shape index (κ3) is 4.42. The van der Waals surface area contributed by atoms with E-state index in [1.165, 1.54) is 0 Å². The number of primary amides is 1. The lowest BCUT2D eigenvalue weighted by Gasteiger charge is -2.10. The van der Waals surface area contributed by atoms with Gasteiger partial charge in [-0.25, -0.2) is 5.48 Å². The summed E-state index contributed by atoms with van der Waals surface area (Å²) in [6.45, 7) is 3.31. The van der Waals surface area contributed by atoms with Crippen molar-refractivity contribution in [3.63, 3.8) is 0 Å². The zero-order chi connectivity index (χ0) is 13.5. The van der Waals surface area contributed by atoms with E-state index in [2.05, 4.69) is 10.3 Å². The number of carbonyl (C=O) groups excluding carboxylic acids is 2. The quantitative estimate of drug-likeness (QED) is 0.708. The maximum atomic E-state index is 11.3. The van der Waals surface area contributed by atoms with Gasteiger partial charge in [-0.05, 0) is 31.0 Å². The van der Waals surface area contributed by atoms with Crippen LogP contribution in [0.5, 0.6) is 5.75 Å². The van der Waals surface area contributed by atoms with Crippen molar-refractivity contribution in [2.24, 2.45) is 5.73 Å². The summed E-state index contributed by atoms with van der Waals surface area (Å²) >= 11 is 0. The number of hydrogen-bond acceptors (Lipinski definition) is 4. The number of ether oxygens (including phenoxy) is 1. The van der Waals surface area contributed by atoms with Gasteiger partial charge >= 0.3 is 0 Å². The molecular weight excluding hydrogens is 236 g/mol. The molecule has 0 heterocycles. The van der Waals surface area contributed by atoms with E-state index >= 15 is 0 Å². The van der Waals surface area contributed by atoms with E-state index in [1.807, 2.05) is 26.0 Å². The molecule has 0 aliphatic heterocycles. The van der Waals surface area contributed by atoms with Crippen molar-refractivity contribution in [1.29, 1.82) is 0 Å². The second-order valence-electron chi connectivity index (χ2n) is 3.77. The number of amides is 2. The maximum Gasteiger partial charge on any atom is 0.281 e.